The number of nitrogens with zero attached hydrogens (tertiary/aromatic N) is 1. The number of halogens is 1. The molecular formula is C13H16IN3O. The number of rotatable bonds is 3. The first-order valence-electron chi connectivity index (χ1n) is 5.78. The molecule has 3 N–H and O–H groups in total. The van der Waals surface area contributed by atoms with Crippen molar-refractivity contribution in [1.82, 2.24) is 10.2 Å². The van der Waals surface area contributed by atoms with Crippen LogP contribution in [0, 0.1) is 17.4 Å². The number of hydrogen-bond acceptors (Lipinski definition) is 3. The molecule has 18 heavy (non-hydrogen) atoms. The van der Waals surface area contributed by atoms with Crippen LogP contribution in [-0.4, -0.2) is 16.8 Å². The molecule has 0 saturated carbocycles. The Morgan fingerprint density at radius 2 is 2.11 bits per heavy atom. The number of ether oxygens (including phenoxy) is 1. The van der Waals surface area contributed by atoms with Gasteiger partial charge in [-0.1, -0.05) is 6.07 Å². The third-order valence-electron chi connectivity index (χ3n) is 2.71. The molecule has 0 unspecified atom stereocenters. The van der Waals surface area contributed by atoms with E-state index in [1.54, 1.807) is 0 Å². The van der Waals surface area contributed by atoms with Crippen molar-refractivity contribution in [3.63, 3.8) is 0 Å². The van der Waals surface area contributed by atoms with E-state index in [2.05, 4.69) is 51.8 Å². The van der Waals surface area contributed by atoms with E-state index >= 15 is 0 Å². The zero-order valence-corrected chi connectivity index (χ0v) is 12.8. The lowest BCUT2D eigenvalue weighted by atomic mass is 10.0. The van der Waals surface area contributed by atoms with Gasteiger partial charge in [0.1, 0.15) is 5.75 Å². The van der Waals surface area contributed by atoms with E-state index in [4.69, 9.17) is 10.5 Å². The molecule has 0 bridgehead atoms. The Balaban J connectivity index is 2.65. The smallest absolute Gasteiger partial charge is 0.159 e. The van der Waals surface area contributed by atoms with Crippen molar-refractivity contribution < 1.29 is 4.74 Å². The number of anilines is 1. The number of nitrogens with one attached hydrogen (secondary N) is 1. The molecule has 1 aromatic heterocycles. The molecule has 0 aliphatic carbocycles. The average Bonchev–Trinajstić information content (AvgIpc) is 2.63. The molecule has 0 aliphatic heterocycles. The van der Waals surface area contributed by atoms with Crippen LogP contribution in [0.1, 0.15) is 18.1 Å². The second kappa shape index (κ2) is 5.17. The molecule has 0 spiro atoms. The van der Waals surface area contributed by atoms with Crippen molar-refractivity contribution in [3.05, 3.63) is 26.8 Å². The Hall–Kier alpha value is -1.24. The summed E-state index contributed by atoms with van der Waals surface area (Å²) in [4.78, 5) is 0. The van der Waals surface area contributed by atoms with Crippen molar-refractivity contribution in [3.8, 4) is 17.0 Å². The van der Waals surface area contributed by atoms with Crippen LogP contribution >= 0.6 is 22.6 Å². The molecule has 0 radical (unpaired) electrons. The van der Waals surface area contributed by atoms with Gasteiger partial charge in [0.05, 0.1) is 15.9 Å². The summed E-state index contributed by atoms with van der Waals surface area (Å²) in [5.74, 6) is 1.41. The zero-order chi connectivity index (χ0) is 13.3. The number of nitrogen functional groups attached to an aromatic ring is 1. The molecule has 96 valence electrons. The van der Waals surface area contributed by atoms with E-state index in [0.29, 0.717) is 12.4 Å². The monoisotopic (exact) mass is 357 g/mol. The summed E-state index contributed by atoms with van der Waals surface area (Å²) < 4.78 is 6.68. The maximum Gasteiger partial charge on any atom is 0.159 e. The highest BCUT2D eigenvalue weighted by Gasteiger charge is 2.16. The number of nitrogens with two attached hydrogens (primary N) is 1. The summed E-state index contributed by atoms with van der Waals surface area (Å²) in [6.07, 6.45) is 0. The average molecular weight is 357 g/mol. The highest BCUT2D eigenvalue weighted by atomic mass is 127. The zero-order valence-electron chi connectivity index (χ0n) is 10.7. The van der Waals surface area contributed by atoms with Crippen LogP contribution in [0.15, 0.2) is 12.1 Å². The van der Waals surface area contributed by atoms with Gasteiger partial charge in [0.25, 0.3) is 0 Å². The van der Waals surface area contributed by atoms with Crippen LogP contribution < -0.4 is 10.5 Å². The number of hydrogen-bond donors (Lipinski definition) is 2. The second-order valence-corrected chi connectivity index (χ2v) is 5.27. The van der Waals surface area contributed by atoms with E-state index < -0.39 is 0 Å². The summed E-state index contributed by atoms with van der Waals surface area (Å²) in [5.41, 5.74) is 10.0. The first-order valence-corrected chi connectivity index (χ1v) is 6.86. The van der Waals surface area contributed by atoms with Gasteiger partial charge in [0.2, 0.25) is 0 Å². The maximum absolute atomic E-state index is 5.79. The molecule has 0 atom stereocenters. The van der Waals surface area contributed by atoms with E-state index in [0.717, 1.165) is 26.1 Å². The van der Waals surface area contributed by atoms with Crippen molar-refractivity contribution >= 4 is 28.4 Å². The third kappa shape index (κ3) is 2.31. The topological polar surface area (TPSA) is 63.9 Å². The molecule has 0 fully saturated rings. The fraction of sp³-hybridized carbons (Fsp3) is 0.308. The Bertz CT molecular complexity index is 578. The molecule has 1 aromatic carbocycles. The van der Waals surface area contributed by atoms with E-state index in [1.807, 2.05) is 13.8 Å². The Kier molecular flexibility index (Phi) is 3.79. The summed E-state index contributed by atoms with van der Waals surface area (Å²) >= 11 is 2.20. The highest BCUT2D eigenvalue weighted by molar-refractivity contribution is 14.1. The van der Waals surface area contributed by atoms with Gasteiger partial charge in [-0.25, -0.2) is 0 Å². The van der Waals surface area contributed by atoms with Gasteiger partial charge < -0.3 is 10.5 Å². The summed E-state index contributed by atoms with van der Waals surface area (Å²) in [5, 5.41) is 7.02. The molecule has 4 nitrogen and oxygen atoms in total. The van der Waals surface area contributed by atoms with Gasteiger partial charge >= 0.3 is 0 Å². The fourth-order valence-corrected chi connectivity index (χ4v) is 2.53. The van der Waals surface area contributed by atoms with Crippen LogP contribution in [0.4, 0.5) is 5.82 Å². The second-order valence-electron chi connectivity index (χ2n) is 4.19. The van der Waals surface area contributed by atoms with Crippen LogP contribution in [0.5, 0.6) is 5.75 Å². The largest absolute Gasteiger partial charge is 0.493 e. The van der Waals surface area contributed by atoms with Crippen molar-refractivity contribution in [2.75, 3.05) is 12.3 Å². The molecule has 2 rings (SSSR count). The minimum atomic E-state index is 0.521. The van der Waals surface area contributed by atoms with Gasteiger partial charge in [-0.2, -0.15) is 5.10 Å². The van der Waals surface area contributed by atoms with Gasteiger partial charge in [0, 0.05) is 5.56 Å². The van der Waals surface area contributed by atoms with Crippen LogP contribution in [0.2, 0.25) is 0 Å². The normalized spacial score (nSPS) is 10.7. The number of aromatic nitrogens is 2. The van der Waals surface area contributed by atoms with Gasteiger partial charge in [-0.15, -0.1) is 0 Å². The summed E-state index contributed by atoms with van der Waals surface area (Å²) in [6, 6.07) is 4.20. The van der Waals surface area contributed by atoms with Gasteiger partial charge in [-0.3, -0.25) is 5.10 Å². The van der Waals surface area contributed by atoms with Crippen molar-refractivity contribution in [1.29, 1.82) is 0 Å². The lowest BCUT2D eigenvalue weighted by molar-refractivity contribution is 0.339. The number of aryl methyl sites for hydroxylation is 2. The molecule has 1 heterocycles. The minimum Gasteiger partial charge on any atom is -0.493 e. The lowest BCUT2D eigenvalue weighted by Crippen LogP contribution is -1.98. The SMILES string of the molecule is CCOc1c(C)cc(C)cc1-c1[nH]nc(N)c1I. The highest BCUT2D eigenvalue weighted by Crippen LogP contribution is 2.36. The molecule has 2 aromatic rings. The van der Waals surface area contributed by atoms with Crippen molar-refractivity contribution in [2.45, 2.75) is 20.8 Å². The quantitative estimate of drug-likeness (QED) is 0.829. The number of aromatic amines is 1. The molecular weight excluding hydrogens is 341 g/mol. The predicted octanol–water partition coefficient (Wildman–Crippen LogP) is 3.28. The summed E-state index contributed by atoms with van der Waals surface area (Å²) in [7, 11) is 0. The maximum atomic E-state index is 5.79. The third-order valence-corrected chi connectivity index (χ3v) is 3.80. The number of benzene rings is 1. The number of H-pyrrole nitrogens is 1. The van der Waals surface area contributed by atoms with Crippen LogP contribution in [0.3, 0.4) is 0 Å². The minimum absolute atomic E-state index is 0.521. The van der Waals surface area contributed by atoms with E-state index in [1.165, 1.54) is 5.56 Å². The first-order chi connectivity index (χ1) is 8.54. The Morgan fingerprint density at radius 3 is 2.67 bits per heavy atom. The van der Waals surface area contributed by atoms with Crippen LogP contribution in [-0.2, 0) is 0 Å². The van der Waals surface area contributed by atoms with Gasteiger partial charge in [-0.05, 0) is 60.6 Å². The fourth-order valence-electron chi connectivity index (χ4n) is 2.00. The predicted molar refractivity (Wildman–Crippen MR) is 81.8 cm³/mol. The Morgan fingerprint density at radius 1 is 1.39 bits per heavy atom. The molecule has 0 amide bonds. The molecule has 0 aliphatic rings. The molecule has 0 saturated heterocycles. The lowest BCUT2D eigenvalue weighted by Gasteiger charge is -2.13. The van der Waals surface area contributed by atoms with Crippen LogP contribution in [0.25, 0.3) is 11.3 Å². The van der Waals surface area contributed by atoms with Gasteiger partial charge in [0.15, 0.2) is 5.82 Å². The summed E-state index contributed by atoms with van der Waals surface area (Å²) in [6.45, 7) is 6.74. The first kappa shape index (κ1) is 13.2. The van der Waals surface area contributed by atoms with E-state index in [-0.39, 0.29) is 0 Å². The standard InChI is InChI=1S/C13H16IN3O/c1-4-18-12-8(3)5-7(2)6-9(12)11-10(14)13(15)17-16-11/h5-6H,4H2,1-3H3,(H3,15,16,17). The van der Waals surface area contributed by atoms with E-state index in [9.17, 15) is 0 Å². The van der Waals surface area contributed by atoms with Crippen molar-refractivity contribution in [2.24, 2.45) is 0 Å². The molecule has 5 heteroatoms. The Labute approximate surface area is 120 Å².